The van der Waals surface area contributed by atoms with Crippen molar-refractivity contribution in [3.8, 4) is 0 Å². The highest BCUT2D eigenvalue weighted by Gasteiger charge is 2.28. The van der Waals surface area contributed by atoms with Gasteiger partial charge in [0.15, 0.2) is 12.4 Å². The molecule has 23 heavy (non-hydrogen) atoms. The molecule has 3 aromatic heterocycles. The molecule has 0 spiro atoms. The second-order valence-corrected chi connectivity index (χ2v) is 6.17. The lowest BCUT2D eigenvalue weighted by molar-refractivity contribution is -0.691. The lowest BCUT2D eigenvalue weighted by Crippen LogP contribution is -2.47. The van der Waals surface area contributed by atoms with Crippen molar-refractivity contribution in [2.24, 2.45) is 4.99 Å². The van der Waals surface area contributed by atoms with Gasteiger partial charge in [0.25, 0.3) is 0 Å². The summed E-state index contributed by atoms with van der Waals surface area (Å²) in [6.07, 6.45) is 5.24. The molecule has 0 aliphatic rings. The third-order valence-corrected chi connectivity index (χ3v) is 4.49. The summed E-state index contributed by atoms with van der Waals surface area (Å²) in [7, 11) is 0. The van der Waals surface area contributed by atoms with E-state index in [0.717, 1.165) is 0 Å². The number of ketones is 1. The Labute approximate surface area is 143 Å². The highest BCUT2D eigenvalue weighted by atomic mass is 32.1. The lowest BCUT2D eigenvalue weighted by Gasteiger charge is -2.17. The highest BCUT2D eigenvalue weighted by Crippen LogP contribution is 2.17. The van der Waals surface area contributed by atoms with Gasteiger partial charge < -0.3 is 22.0 Å². The molecule has 3 heterocycles. The first-order chi connectivity index (χ1) is 11.3. The van der Waals surface area contributed by atoms with Crippen LogP contribution < -0.4 is 4.57 Å². The summed E-state index contributed by atoms with van der Waals surface area (Å²) < 4.78 is 7.05. The zero-order valence-electron chi connectivity index (χ0n) is 12.2. The van der Waals surface area contributed by atoms with Crippen molar-refractivity contribution < 1.29 is 13.8 Å². The fourth-order valence-electron chi connectivity index (χ4n) is 2.16. The van der Waals surface area contributed by atoms with E-state index in [0.29, 0.717) is 22.2 Å². The fourth-order valence-corrected chi connectivity index (χ4v) is 3.14. The van der Waals surface area contributed by atoms with Gasteiger partial charge >= 0.3 is 0 Å². The molecule has 0 aliphatic heterocycles. The molecule has 116 valence electrons. The Morgan fingerprint density at radius 2 is 2.04 bits per heavy atom. The van der Waals surface area contributed by atoms with E-state index in [1.165, 1.54) is 11.3 Å². The molecule has 3 rings (SSSR count). The summed E-state index contributed by atoms with van der Waals surface area (Å²) in [6, 6.07) is 12.3. The highest BCUT2D eigenvalue weighted by molar-refractivity contribution is 7.77. The number of pyridine rings is 1. The van der Waals surface area contributed by atoms with Crippen molar-refractivity contribution in [2.75, 3.05) is 0 Å². The summed E-state index contributed by atoms with van der Waals surface area (Å²) in [6.45, 7) is 0.327. The van der Waals surface area contributed by atoms with Crippen molar-refractivity contribution >= 4 is 34.8 Å². The van der Waals surface area contributed by atoms with Crippen LogP contribution in [0, 0.1) is 0 Å². The number of aliphatic imine (C=N–C) groups is 1. The van der Waals surface area contributed by atoms with Crippen molar-refractivity contribution in [1.82, 2.24) is 0 Å². The topological polar surface area (TPSA) is 46.5 Å². The number of carbonyl (C=O) groups is 1. The number of thiophene rings is 1. The van der Waals surface area contributed by atoms with Crippen molar-refractivity contribution in [1.29, 1.82) is 0 Å². The van der Waals surface area contributed by atoms with Gasteiger partial charge in [-0.3, -0.25) is 4.79 Å². The molecule has 0 aliphatic carbocycles. The van der Waals surface area contributed by atoms with E-state index in [4.69, 9.17) is 17.0 Å². The Bertz CT molecular complexity index is 781. The summed E-state index contributed by atoms with van der Waals surface area (Å²) in [5.74, 6) is 0.664. The minimum absolute atomic E-state index is 0.0515. The third kappa shape index (κ3) is 3.72. The predicted molar refractivity (Wildman–Crippen MR) is 91.5 cm³/mol. The van der Waals surface area contributed by atoms with E-state index in [2.05, 4.69) is 4.99 Å². The molecular weight excluding hydrogens is 328 g/mol. The molecule has 1 atom stereocenters. The second kappa shape index (κ2) is 7.30. The molecule has 0 amide bonds. The maximum absolute atomic E-state index is 12.8. The summed E-state index contributed by atoms with van der Waals surface area (Å²) in [5.41, 5.74) is 0. The fraction of sp³-hybridized carbons (Fsp3) is 0.118. The van der Waals surface area contributed by atoms with Crippen LogP contribution in [0.4, 0.5) is 0 Å². The van der Waals surface area contributed by atoms with E-state index in [-0.39, 0.29) is 5.78 Å². The van der Waals surface area contributed by atoms with Gasteiger partial charge in [0.1, 0.15) is 5.76 Å². The number of Topliss-reactive ketones (excluding diaryl/α,β-unsaturated/α-hetero) is 1. The summed E-state index contributed by atoms with van der Waals surface area (Å²) in [4.78, 5) is 17.9. The van der Waals surface area contributed by atoms with Crippen molar-refractivity contribution in [2.45, 2.75) is 12.6 Å². The molecular formula is C17H14N2O2S2. The molecule has 0 fully saturated rings. The van der Waals surface area contributed by atoms with Gasteiger partial charge in [0, 0.05) is 12.1 Å². The molecule has 3 aromatic rings. The van der Waals surface area contributed by atoms with Gasteiger partial charge in [-0.1, -0.05) is 12.1 Å². The van der Waals surface area contributed by atoms with Crippen LogP contribution in [0.3, 0.4) is 0 Å². The molecule has 0 radical (unpaired) electrons. The maximum atomic E-state index is 12.8. The van der Waals surface area contributed by atoms with E-state index in [9.17, 15) is 4.79 Å². The molecule has 6 heteroatoms. The first-order valence-corrected chi connectivity index (χ1v) is 8.32. The first-order valence-electron chi connectivity index (χ1n) is 7.03. The smallest absolute Gasteiger partial charge is 0.244 e. The Morgan fingerprint density at radius 1 is 1.22 bits per heavy atom. The van der Waals surface area contributed by atoms with Crippen LogP contribution in [0.25, 0.3) is 0 Å². The van der Waals surface area contributed by atoms with Gasteiger partial charge in [-0.25, -0.2) is 0 Å². The maximum Gasteiger partial charge on any atom is 0.244 e. The molecule has 0 N–H and O–H groups in total. The number of hydrogen-bond donors (Lipinski definition) is 0. The van der Waals surface area contributed by atoms with E-state index >= 15 is 0 Å². The van der Waals surface area contributed by atoms with Gasteiger partial charge in [0.05, 0.1) is 17.7 Å². The van der Waals surface area contributed by atoms with Gasteiger partial charge in [-0.2, -0.15) is 4.57 Å². The van der Waals surface area contributed by atoms with Gasteiger partial charge in [-0.05, 0) is 28.6 Å². The standard InChI is InChI=1S/C17H14N2O2S2/c20-16(14-7-5-11-23-14)15(19-8-2-1-3-9-19)17(22)18-12-13-6-4-10-21-13/h1-11,15H,12H2/t15-/m1/s1. The minimum Gasteiger partial charge on any atom is -0.758 e. The number of rotatable bonds is 6. The van der Waals surface area contributed by atoms with Crippen molar-refractivity contribution in [3.05, 3.63) is 77.1 Å². The van der Waals surface area contributed by atoms with Crippen LogP contribution in [-0.4, -0.2) is 10.8 Å². The van der Waals surface area contributed by atoms with E-state index in [1.807, 2.05) is 48.1 Å². The monoisotopic (exact) mass is 342 g/mol. The molecule has 0 saturated carbocycles. The quantitative estimate of drug-likeness (QED) is 0.227. The van der Waals surface area contributed by atoms with Crippen LogP contribution in [0.15, 0.2) is 75.9 Å². The Kier molecular flexibility index (Phi) is 4.95. The number of furan rings is 1. The normalized spacial score (nSPS) is 13.0. The molecule has 0 aromatic carbocycles. The number of carbonyl (C=O) groups excluding carboxylic acids is 1. The number of nitrogens with zero attached hydrogens (tertiary/aromatic N) is 2. The number of hydrogen-bond acceptors (Lipinski definition) is 5. The van der Waals surface area contributed by atoms with Crippen LogP contribution >= 0.6 is 11.3 Å². The van der Waals surface area contributed by atoms with Gasteiger partial charge in [0.2, 0.25) is 11.8 Å². The van der Waals surface area contributed by atoms with Crippen LogP contribution in [-0.2, 0) is 19.2 Å². The largest absolute Gasteiger partial charge is 0.758 e. The van der Waals surface area contributed by atoms with Crippen LogP contribution in [0.5, 0.6) is 0 Å². The Balaban J connectivity index is 1.91. The zero-order chi connectivity index (χ0) is 16.1. The molecule has 0 unspecified atom stereocenters. The molecule has 0 bridgehead atoms. The Hall–Kier alpha value is -2.31. The second-order valence-electron chi connectivity index (χ2n) is 4.80. The van der Waals surface area contributed by atoms with Crippen LogP contribution in [0.1, 0.15) is 21.5 Å². The zero-order valence-corrected chi connectivity index (χ0v) is 13.8. The predicted octanol–water partition coefficient (Wildman–Crippen LogP) is 3.20. The van der Waals surface area contributed by atoms with Gasteiger partial charge in [-0.15, -0.1) is 11.3 Å². The summed E-state index contributed by atoms with van der Waals surface area (Å²) in [5, 5.41) is 2.22. The van der Waals surface area contributed by atoms with Crippen molar-refractivity contribution in [3.63, 3.8) is 0 Å². The average molecular weight is 342 g/mol. The SMILES string of the molecule is O=C(c1cccs1)[C@H](C([S-])=NCc1ccco1)[n+]1ccccc1. The van der Waals surface area contributed by atoms with Crippen LogP contribution in [0.2, 0.25) is 0 Å². The van der Waals surface area contributed by atoms with E-state index in [1.54, 1.807) is 23.0 Å². The molecule has 0 saturated heterocycles. The first kappa shape index (κ1) is 15.6. The lowest BCUT2D eigenvalue weighted by atomic mass is 10.1. The Morgan fingerprint density at radius 3 is 2.70 bits per heavy atom. The third-order valence-electron chi connectivity index (χ3n) is 3.25. The average Bonchev–Trinajstić information content (AvgIpc) is 3.27. The minimum atomic E-state index is -0.625. The summed E-state index contributed by atoms with van der Waals surface area (Å²) >= 11 is 6.84. The van der Waals surface area contributed by atoms with E-state index < -0.39 is 6.04 Å². The molecule has 4 nitrogen and oxygen atoms in total. The number of aromatic nitrogens is 1.